The fraction of sp³-hybridized carbons (Fsp3) is 0.680. The Morgan fingerprint density at radius 2 is 1.58 bits per heavy atom. The summed E-state index contributed by atoms with van der Waals surface area (Å²) in [5, 5.41) is 6.38. The number of hydrogen-bond donors (Lipinski definition) is 3. The van der Waals surface area contributed by atoms with Crippen LogP contribution in [0.4, 0.5) is 10.5 Å². The van der Waals surface area contributed by atoms with Gasteiger partial charge in [-0.05, 0) is 92.4 Å². The van der Waals surface area contributed by atoms with Gasteiger partial charge in [0.25, 0.3) is 5.91 Å². The number of nitrogens with two attached hydrogens (primary N) is 1. The first kappa shape index (κ1) is 20.8. The van der Waals surface area contributed by atoms with Gasteiger partial charge >= 0.3 is 6.03 Å². The molecule has 1 aliphatic heterocycles. The van der Waals surface area contributed by atoms with E-state index in [1.165, 1.54) is 19.3 Å². The van der Waals surface area contributed by atoms with Crippen molar-refractivity contribution in [2.75, 3.05) is 18.4 Å². The molecule has 6 nitrogen and oxygen atoms in total. The molecule has 4 N–H and O–H groups in total. The number of rotatable bonds is 3. The first-order chi connectivity index (χ1) is 14.6. The van der Waals surface area contributed by atoms with Crippen molar-refractivity contribution in [1.82, 2.24) is 10.2 Å². The van der Waals surface area contributed by atoms with Crippen LogP contribution < -0.4 is 16.4 Å². The van der Waals surface area contributed by atoms with Crippen LogP contribution in [0, 0.1) is 16.7 Å². The van der Waals surface area contributed by atoms with Gasteiger partial charge in [-0.25, -0.2) is 4.79 Å². The highest BCUT2D eigenvalue weighted by Gasteiger charge is 2.60. The molecule has 1 aromatic carbocycles. The number of urea groups is 1. The summed E-state index contributed by atoms with van der Waals surface area (Å²) in [5.74, 6) is 0.777. The maximum atomic E-state index is 12.9. The lowest BCUT2D eigenvalue weighted by Gasteiger charge is -2.65. The summed E-state index contributed by atoms with van der Waals surface area (Å²) in [6.45, 7) is 6.25. The Kier molecular flexibility index (Phi) is 4.85. The maximum Gasteiger partial charge on any atom is 0.319 e. The SMILES string of the molecule is C[C@]12C[C@@H]3C[C@](C)(C1)C[C@@](NC(=O)Nc1ccc(C(=O)N4CCC(N)CC4)cc1)(C3)C2. The number of benzene rings is 1. The molecule has 3 amide bonds. The van der Waals surface area contributed by atoms with E-state index < -0.39 is 0 Å². The van der Waals surface area contributed by atoms with Crippen molar-refractivity contribution in [3.8, 4) is 0 Å². The summed E-state index contributed by atoms with van der Waals surface area (Å²) < 4.78 is 0. The van der Waals surface area contributed by atoms with Crippen LogP contribution in [-0.2, 0) is 0 Å². The van der Waals surface area contributed by atoms with Crippen LogP contribution in [0.15, 0.2) is 24.3 Å². The minimum atomic E-state index is -0.127. The van der Waals surface area contributed by atoms with Gasteiger partial charge in [-0.1, -0.05) is 13.8 Å². The normalized spacial score (nSPS) is 37.0. The predicted octanol–water partition coefficient (Wildman–Crippen LogP) is 4.12. The third kappa shape index (κ3) is 4.07. The van der Waals surface area contributed by atoms with E-state index in [4.69, 9.17) is 5.73 Å². The number of carbonyl (C=O) groups is 2. The van der Waals surface area contributed by atoms with Crippen molar-refractivity contribution in [2.24, 2.45) is 22.5 Å². The van der Waals surface area contributed by atoms with Crippen LogP contribution in [-0.4, -0.2) is 41.5 Å². The zero-order valence-corrected chi connectivity index (χ0v) is 18.9. The molecule has 0 aromatic heterocycles. The topological polar surface area (TPSA) is 87.5 Å². The smallest absolute Gasteiger partial charge is 0.319 e. The van der Waals surface area contributed by atoms with Crippen molar-refractivity contribution in [3.05, 3.63) is 29.8 Å². The molecule has 31 heavy (non-hydrogen) atoms. The van der Waals surface area contributed by atoms with Crippen LogP contribution in [0.2, 0.25) is 0 Å². The lowest BCUT2D eigenvalue weighted by molar-refractivity contribution is -0.113. The first-order valence-electron chi connectivity index (χ1n) is 11.9. The molecule has 1 saturated heterocycles. The number of hydrogen-bond acceptors (Lipinski definition) is 3. The number of nitrogens with zero attached hydrogens (tertiary/aromatic N) is 1. The maximum absolute atomic E-state index is 12.9. The van der Waals surface area contributed by atoms with Gasteiger partial charge < -0.3 is 21.3 Å². The summed E-state index contributed by atoms with van der Waals surface area (Å²) in [6.07, 6.45) is 8.91. The standard InChI is InChI=1S/C25H36N4O2/c1-23-11-17-12-24(2,14-23)16-25(13-17,15-23)28-22(31)27-20-5-3-18(4-6-20)21(30)29-9-7-19(26)8-10-29/h3-6,17,19H,7-16,26H2,1-2H3,(H2,27,28,31)/t17-,23+,24-,25-. The van der Waals surface area contributed by atoms with Gasteiger partial charge in [-0.2, -0.15) is 0 Å². The second-order valence-electron chi connectivity index (χ2n) is 11.7. The fourth-order valence-electron chi connectivity index (χ4n) is 7.97. The average molecular weight is 425 g/mol. The van der Waals surface area contributed by atoms with E-state index in [-0.39, 0.29) is 23.5 Å². The minimum absolute atomic E-state index is 0.0398. The number of anilines is 1. The molecule has 4 saturated carbocycles. The number of nitrogens with one attached hydrogen (secondary N) is 2. The van der Waals surface area contributed by atoms with Gasteiger partial charge in [0, 0.05) is 35.9 Å². The molecular weight excluding hydrogens is 388 g/mol. The monoisotopic (exact) mass is 424 g/mol. The van der Waals surface area contributed by atoms with Crippen molar-refractivity contribution in [3.63, 3.8) is 0 Å². The minimum Gasteiger partial charge on any atom is -0.339 e. The summed E-state index contributed by atoms with van der Waals surface area (Å²) in [7, 11) is 0. The molecule has 5 fully saturated rings. The van der Waals surface area contributed by atoms with E-state index >= 15 is 0 Å². The Morgan fingerprint density at radius 3 is 2.16 bits per heavy atom. The molecule has 4 aliphatic carbocycles. The summed E-state index contributed by atoms with van der Waals surface area (Å²) in [6, 6.07) is 7.33. The predicted molar refractivity (Wildman–Crippen MR) is 122 cm³/mol. The van der Waals surface area contributed by atoms with Crippen LogP contribution in [0.1, 0.15) is 75.6 Å². The van der Waals surface area contributed by atoms with E-state index in [0.717, 1.165) is 43.7 Å². The molecule has 1 aromatic rings. The van der Waals surface area contributed by atoms with E-state index in [2.05, 4.69) is 24.5 Å². The zero-order valence-electron chi connectivity index (χ0n) is 18.9. The summed E-state index contributed by atoms with van der Waals surface area (Å²) in [5.41, 5.74) is 7.97. The van der Waals surface area contributed by atoms with E-state index in [9.17, 15) is 9.59 Å². The van der Waals surface area contributed by atoms with Crippen molar-refractivity contribution in [1.29, 1.82) is 0 Å². The Bertz CT molecular complexity index is 856. The quantitative estimate of drug-likeness (QED) is 0.682. The fourth-order valence-corrected chi connectivity index (χ4v) is 7.97. The molecule has 6 rings (SSSR count). The lowest BCUT2D eigenvalue weighted by atomic mass is 9.43. The van der Waals surface area contributed by atoms with E-state index in [1.54, 1.807) is 12.1 Å². The second-order valence-corrected chi connectivity index (χ2v) is 11.7. The molecule has 4 bridgehead atoms. The zero-order chi connectivity index (χ0) is 21.9. The van der Waals surface area contributed by atoms with Crippen LogP contribution in [0.5, 0.6) is 0 Å². The molecule has 6 heteroatoms. The lowest BCUT2D eigenvalue weighted by Crippen LogP contribution is -2.65. The largest absolute Gasteiger partial charge is 0.339 e. The van der Waals surface area contributed by atoms with Crippen molar-refractivity contribution in [2.45, 2.75) is 76.8 Å². The van der Waals surface area contributed by atoms with Gasteiger partial charge in [0.15, 0.2) is 0 Å². The highest BCUT2D eigenvalue weighted by molar-refractivity contribution is 5.95. The molecule has 4 atom stereocenters. The summed E-state index contributed by atoms with van der Waals surface area (Å²) >= 11 is 0. The number of piperidine rings is 1. The van der Waals surface area contributed by atoms with Gasteiger partial charge in [-0.3, -0.25) is 4.79 Å². The Hall–Kier alpha value is -2.08. The number of likely N-dealkylation sites (tertiary alicyclic amines) is 1. The molecule has 0 unspecified atom stereocenters. The number of amides is 3. The Balaban J connectivity index is 1.21. The molecule has 5 aliphatic rings. The van der Waals surface area contributed by atoms with Gasteiger partial charge in [0.1, 0.15) is 0 Å². The molecule has 0 radical (unpaired) electrons. The highest BCUT2D eigenvalue weighted by atomic mass is 16.2. The van der Waals surface area contributed by atoms with Gasteiger partial charge in [-0.15, -0.1) is 0 Å². The van der Waals surface area contributed by atoms with E-state index in [0.29, 0.717) is 29.5 Å². The van der Waals surface area contributed by atoms with Crippen LogP contribution >= 0.6 is 0 Å². The second kappa shape index (κ2) is 7.22. The molecule has 168 valence electrons. The van der Waals surface area contributed by atoms with Crippen molar-refractivity contribution >= 4 is 17.6 Å². The Morgan fingerprint density at radius 1 is 0.968 bits per heavy atom. The first-order valence-corrected chi connectivity index (χ1v) is 11.9. The van der Waals surface area contributed by atoms with Crippen LogP contribution in [0.3, 0.4) is 0 Å². The third-order valence-corrected chi connectivity index (χ3v) is 8.22. The van der Waals surface area contributed by atoms with Crippen LogP contribution in [0.25, 0.3) is 0 Å². The van der Waals surface area contributed by atoms with Gasteiger partial charge in [0.2, 0.25) is 0 Å². The highest BCUT2D eigenvalue weighted by Crippen LogP contribution is 2.66. The Labute approximate surface area is 185 Å². The van der Waals surface area contributed by atoms with E-state index in [1.807, 2.05) is 17.0 Å². The third-order valence-electron chi connectivity index (χ3n) is 8.22. The summed E-state index contributed by atoms with van der Waals surface area (Å²) in [4.78, 5) is 27.5. The van der Waals surface area contributed by atoms with Crippen molar-refractivity contribution < 1.29 is 9.59 Å². The molecule has 1 heterocycles. The average Bonchev–Trinajstić information content (AvgIpc) is 2.65. The molecule has 0 spiro atoms. The van der Waals surface area contributed by atoms with Gasteiger partial charge in [0.05, 0.1) is 0 Å². The molecular formula is C25H36N4O2. The number of carbonyl (C=O) groups excluding carboxylic acids is 2.